The summed E-state index contributed by atoms with van der Waals surface area (Å²) >= 11 is 5.55. The zero-order valence-corrected chi connectivity index (χ0v) is 9.64. The molecule has 0 saturated heterocycles. The summed E-state index contributed by atoms with van der Waals surface area (Å²) in [4.78, 5) is 0. The van der Waals surface area contributed by atoms with E-state index in [1.807, 2.05) is 13.8 Å². The van der Waals surface area contributed by atoms with Gasteiger partial charge in [0, 0.05) is 18.0 Å². The molecule has 0 spiro atoms. The van der Waals surface area contributed by atoms with Crippen LogP contribution in [0.4, 0.5) is 4.39 Å². The van der Waals surface area contributed by atoms with Gasteiger partial charge in [-0.15, -0.1) is 0 Å². The Bertz CT molecular complexity index is 341. The van der Waals surface area contributed by atoms with Crippen LogP contribution in [-0.2, 0) is 0 Å². The average Bonchev–Trinajstić information content (AvgIpc) is 2.20. The van der Waals surface area contributed by atoms with Crippen molar-refractivity contribution in [3.63, 3.8) is 0 Å². The molecule has 0 bridgehead atoms. The first-order valence-electron chi connectivity index (χ1n) is 4.72. The van der Waals surface area contributed by atoms with Crippen LogP contribution in [0.25, 0.3) is 0 Å². The fourth-order valence-electron chi connectivity index (χ4n) is 0.904. The first-order valence-corrected chi connectivity index (χ1v) is 5.10. The van der Waals surface area contributed by atoms with Crippen LogP contribution in [0, 0.1) is 11.2 Å². The largest absolute Gasteiger partial charge is 0.493 e. The highest BCUT2D eigenvalue weighted by atomic mass is 35.5. The first kappa shape index (κ1) is 12.3. The van der Waals surface area contributed by atoms with Crippen LogP contribution in [0.5, 0.6) is 5.75 Å². The minimum Gasteiger partial charge on any atom is -0.493 e. The normalized spacial score (nSPS) is 11.5. The Hall–Kier alpha value is -0.800. The SMILES string of the molecule is CC(C)(CN)COc1ccc(Cl)c(F)c1. The molecule has 2 nitrogen and oxygen atoms in total. The van der Waals surface area contributed by atoms with Gasteiger partial charge in [-0.2, -0.15) is 0 Å². The zero-order chi connectivity index (χ0) is 11.5. The average molecular weight is 232 g/mol. The number of benzene rings is 1. The van der Waals surface area contributed by atoms with Gasteiger partial charge < -0.3 is 10.5 Å². The number of nitrogens with two attached hydrogens (primary N) is 1. The summed E-state index contributed by atoms with van der Waals surface area (Å²) < 4.78 is 18.5. The predicted octanol–water partition coefficient (Wildman–Crippen LogP) is 2.84. The Morgan fingerprint density at radius 2 is 2.13 bits per heavy atom. The maximum Gasteiger partial charge on any atom is 0.145 e. The number of rotatable bonds is 4. The van der Waals surface area contributed by atoms with E-state index < -0.39 is 5.82 Å². The molecule has 0 aromatic heterocycles. The van der Waals surface area contributed by atoms with Crippen molar-refractivity contribution in [2.75, 3.05) is 13.2 Å². The molecule has 0 saturated carbocycles. The van der Waals surface area contributed by atoms with Crippen molar-refractivity contribution in [2.24, 2.45) is 11.1 Å². The molecule has 1 aromatic rings. The molecule has 0 amide bonds. The monoisotopic (exact) mass is 231 g/mol. The third-order valence-electron chi connectivity index (χ3n) is 2.07. The van der Waals surface area contributed by atoms with Gasteiger partial charge in [-0.05, 0) is 12.1 Å². The summed E-state index contributed by atoms with van der Waals surface area (Å²) in [5.41, 5.74) is 5.43. The fraction of sp³-hybridized carbons (Fsp3) is 0.455. The maximum atomic E-state index is 13.0. The van der Waals surface area contributed by atoms with Gasteiger partial charge in [-0.25, -0.2) is 4.39 Å². The van der Waals surface area contributed by atoms with Gasteiger partial charge in [0.1, 0.15) is 11.6 Å². The van der Waals surface area contributed by atoms with E-state index in [4.69, 9.17) is 22.1 Å². The lowest BCUT2D eigenvalue weighted by Gasteiger charge is -2.22. The first-order chi connectivity index (χ1) is 6.94. The Kier molecular flexibility index (Phi) is 3.94. The molecule has 0 atom stereocenters. The van der Waals surface area contributed by atoms with Gasteiger partial charge in [0.2, 0.25) is 0 Å². The van der Waals surface area contributed by atoms with Crippen LogP contribution in [0.1, 0.15) is 13.8 Å². The van der Waals surface area contributed by atoms with E-state index in [2.05, 4.69) is 0 Å². The van der Waals surface area contributed by atoms with Crippen molar-refractivity contribution < 1.29 is 9.13 Å². The summed E-state index contributed by atoms with van der Waals surface area (Å²) in [7, 11) is 0. The number of halogens is 2. The van der Waals surface area contributed by atoms with Gasteiger partial charge in [0.15, 0.2) is 0 Å². The van der Waals surface area contributed by atoms with Gasteiger partial charge in [0.05, 0.1) is 11.6 Å². The minimum absolute atomic E-state index is 0.0976. The summed E-state index contributed by atoms with van der Waals surface area (Å²) in [6.07, 6.45) is 0. The van der Waals surface area contributed by atoms with E-state index in [1.165, 1.54) is 12.1 Å². The second-order valence-electron chi connectivity index (χ2n) is 4.23. The molecule has 0 aliphatic carbocycles. The summed E-state index contributed by atoms with van der Waals surface area (Å²) in [5, 5.41) is 0.0976. The summed E-state index contributed by atoms with van der Waals surface area (Å²) in [6, 6.07) is 4.38. The molecule has 0 radical (unpaired) electrons. The number of ether oxygens (including phenoxy) is 1. The fourth-order valence-corrected chi connectivity index (χ4v) is 1.02. The van der Waals surface area contributed by atoms with Crippen LogP contribution in [0.15, 0.2) is 18.2 Å². The molecule has 4 heteroatoms. The van der Waals surface area contributed by atoms with Crippen molar-refractivity contribution in [3.05, 3.63) is 29.0 Å². The molecule has 15 heavy (non-hydrogen) atoms. The summed E-state index contributed by atoms with van der Waals surface area (Å²) in [5.74, 6) is -0.00172. The van der Waals surface area contributed by atoms with Crippen LogP contribution in [0.3, 0.4) is 0 Å². The molecule has 2 N–H and O–H groups in total. The Morgan fingerprint density at radius 1 is 1.47 bits per heavy atom. The van der Waals surface area contributed by atoms with Crippen LogP contribution in [0.2, 0.25) is 5.02 Å². The zero-order valence-electron chi connectivity index (χ0n) is 8.89. The van der Waals surface area contributed by atoms with E-state index in [9.17, 15) is 4.39 Å². The second-order valence-corrected chi connectivity index (χ2v) is 4.64. The molecule has 0 aliphatic heterocycles. The molecule has 1 rings (SSSR count). The smallest absolute Gasteiger partial charge is 0.145 e. The highest BCUT2D eigenvalue weighted by molar-refractivity contribution is 6.30. The van der Waals surface area contributed by atoms with Gasteiger partial charge >= 0.3 is 0 Å². The molecule has 0 unspecified atom stereocenters. The highest BCUT2D eigenvalue weighted by Crippen LogP contribution is 2.22. The topological polar surface area (TPSA) is 35.2 Å². The number of hydrogen-bond donors (Lipinski definition) is 1. The number of hydrogen-bond acceptors (Lipinski definition) is 2. The van der Waals surface area contributed by atoms with Crippen molar-refractivity contribution in [3.8, 4) is 5.75 Å². The van der Waals surface area contributed by atoms with E-state index in [0.717, 1.165) is 0 Å². The van der Waals surface area contributed by atoms with Crippen LogP contribution < -0.4 is 10.5 Å². The molecular formula is C11H15ClFNO. The Labute approximate surface area is 94.2 Å². The van der Waals surface area contributed by atoms with Gasteiger partial charge in [0.25, 0.3) is 0 Å². The predicted molar refractivity (Wildman–Crippen MR) is 59.7 cm³/mol. The lowest BCUT2D eigenvalue weighted by molar-refractivity contribution is 0.186. The Morgan fingerprint density at radius 3 is 2.67 bits per heavy atom. The second kappa shape index (κ2) is 4.81. The quantitative estimate of drug-likeness (QED) is 0.865. The lowest BCUT2D eigenvalue weighted by atomic mass is 9.95. The van der Waals surface area contributed by atoms with Gasteiger partial charge in [-0.3, -0.25) is 0 Å². The van der Waals surface area contributed by atoms with Crippen LogP contribution >= 0.6 is 11.6 Å². The van der Waals surface area contributed by atoms with Crippen LogP contribution in [-0.4, -0.2) is 13.2 Å². The van der Waals surface area contributed by atoms with Crippen molar-refractivity contribution in [1.82, 2.24) is 0 Å². The summed E-state index contributed by atoms with van der Waals surface area (Å²) in [6.45, 7) is 4.94. The van der Waals surface area contributed by atoms with E-state index in [-0.39, 0.29) is 10.4 Å². The highest BCUT2D eigenvalue weighted by Gasteiger charge is 2.16. The lowest BCUT2D eigenvalue weighted by Crippen LogP contribution is -2.30. The maximum absolute atomic E-state index is 13.0. The van der Waals surface area contributed by atoms with Gasteiger partial charge in [-0.1, -0.05) is 25.4 Å². The third-order valence-corrected chi connectivity index (χ3v) is 2.38. The van der Waals surface area contributed by atoms with Crippen molar-refractivity contribution in [1.29, 1.82) is 0 Å². The van der Waals surface area contributed by atoms with Crippen molar-refractivity contribution >= 4 is 11.6 Å². The van der Waals surface area contributed by atoms with E-state index in [0.29, 0.717) is 18.9 Å². The minimum atomic E-state index is -0.472. The molecule has 0 fully saturated rings. The molecular weight excluding hydrogens is 217 g/mol. The molecule has 0 aliphatic rings. The molecule has 0 heterocycles. The standard InChI is InChI=1S/C11H15ClFNO/c1-11(2,6-14)7-15-8-3-4-9(12)10(13)5-8/h3-5H,6-7,14H2,1-2H3. The third kappa shape index (κ3) is 3.68. The van der Waals surface area contributed by atoms with E-state index in [1.54, 1.807) is 6.07 Å². The molecule has 84 valence electrons. The molecule has 1 aromatic carbocycles. The van der Waals surface area contributed by atoms with E-state index >= 15 is 0 Å². The Balaban J connectivity index is 2.62. The van der Waals surface area contributed by atoms with Crippen molar-refractivity contribution in [2.45, 2.75) is 13.8 Å².